The van der Waals surface area contributed by atoms with Gasteiger partial charge in [0.1, 0.15) is 12.1 Å². The van der Waals surface area contributed by atoms with Gasteiger partial charge in [-0.05, 0) is 36.5 Å². The second-order valence-corrected chi connectivity index (χ2v) is 8.67. The van der Waals surface area contributed by atoms with E-state index in [1.165, 1.54) is 5.56 Å². The quantitative estimate of drug-likeness (QED) is 0.340. The highest BCUT2D eigenvalue weighted by Crippen LogP contribution is 2.34. The van der Waals surface area contributed by atoms with E-state index in [0.29, 0.717) is 23.8 Å². The number of carbonyl (C=O) groups excluding carboxylic acids is 1. The van der Waals surface area contributed by atoms with Gasteiger partial charge in [-0.25, -0.2) is 9.97 Å². The summed E-state index contributed by atoms with van der Waals surface area (Å²) in [5.74, 6) is 2.60. The second kappa shape index (κ2) is 16.4. The molecule has 7 nitrogen and oxygen atoms in total. The molecule has 1 N–H and O–H groups in total. The van der Waals surface area contributed by atoms with Crippen LogP contribution in [-0.2, 0) is 11.2 Å². The maximum atomic E-state index is 12.5. The Bertz CT molecular complexity index is 1080. The maximum Gasteiger partial charge on any atom is 0.224 e. The summed E-state index contributed by atoms with van der Waals surface area (Å²) in [5, 5.41) is 4.00. The average Bonchev–Trinajstić information content (AvgIpc) is 2.92. The van der Waals surface area contributed by atoms with Gasteiger partial charge in [0.15, 0.2) is 11.5 Å². The van der Waals surface area contributed by atoms with Crippen molar-refractivity contribution in [2.45, 2.75) is 73.3 Å². The lowest BCUT2D eigenvalue weighted by molar-refractivity contribution is -0.121. The van der Waals surface area contributed by atoms with Crippen molar-refractivity contribution in [3.8, 4) is 11.5 Å². The third-order valence-corrected chi connectivity index (χ3v) is 5.80. The molecule has 3 aromatic rings. The summed E-state index contributed by atoms with van der Waals surface area (Å²) in [7, 11) is 5.21. The number of nitrogens with zero attached hydrogens (tertiary/aromatic N) is 3. The van der Waals surface area contributed by atoms with Gasteiger partial charge in [0.05, 0.1) is 26.2 Å². The number of benzene rings is 2. The molecule has 1 heterocycles. The van der Waals surface area contributed by atoms with Gasteiger partial charge in [0.25, 0.3) is 0 Å². The van der Waals surface area contributed by atoms with Gasteiger partial charge in [0, 0.05) is 31.1 Å². The second-order valence-electron chi connectivity index (χ2n) is 8.67. The van der Waals surface area contributed by atoms with Crippen LogP contribution in [0.2, 0.25) is 0 Å². The molecule has 37 heavy (non-hydrogen) atoms. The van der Waals surface area contributed by atoms with Crippen LogP contribution >= 0.6 is 0 Å². The number of rotatable bonds is 10. The van der Waals surface area contributed by atoms with Crippen molar-refractivity contribution in [1.82, 2.24) is 15.3 Å². The van der Waals surface area contributed by atoms with Gasteiger partial charge in [-0.1, -0.05) is 65.8 Å². The minimum Gasteiger partial charge on any atom is -0.493 e. The van der Waals surface area contributed by atoms with Crippen molar-refractivity contribution in [3.05, 3.63) is 53.9 Å². The van der Waals surface area contributed by atoms with Crippen molar-refractivity contribution >= 4 is 22.6 Å². The Kier molecular flexibility index (Phi) is 14.0. The van der Waals surface area contributed by atoms with Crippen molar-refractivity contribution in [1.29, 1.82) is 0 Å². The van der Waals surface area contributed by atoms with E-state index in [4.69, 9.17) is 9.47 Å². The molecule has 0 spiro atoms. The summed E-state index contributed by atoms with van der Waals surface area (Å²) in [6.07, 6.45) is 2.72. The lowest BCUT2D eigenvalue weighted by atomic mass is 10.0. The largest absolute Gasteiger partial charge is 0.493 e. The number of ether oxygens (including phenoxy) is 2. The lowest BCUT2D eigenvalue weighted by Crippen LogP contribution is -2.36. The zero-order chi connectivity index (χ0) is 28.0. The third kappa shape index (κ3) is 9.23. The van der Waals surface area contributed by atoms with E-state index in [0.717, 1.165) is 35.2 Å². The lowest BCUT2D eigenvalue weighted by Gasteiger charge is -2.22. The number of methoxy groups -OCH3 is 2. The molecule has 0 saturated heterocycles. The molecule has 1 atom stereocenters. The fourth-order valence-corrected chi connectivity index (χ4v) is 3.77. The first-order valence-corrected chi connectivity index (χ1v) is 13.3. The van der Waals surface area contributed by atoms with Crippen LogP contribution in [0.3, 0.4) is 0 Å². The van der Waals surface area contributed by atoms with Crippen LogP contribution in [0.4, 0.5) is 5.82 Å². The first kappa shape index (κ1) is 31.7. The van der Waals surface area contributed by atoms with E-state index in [9.17, 15) is 4.79 Å². The number of nitrogens with one attached hydrogen (secondary N) is 1. The number of hydrogen-bond acceptors (Lipinski definition) is 6. The minimum absolute atomic E-state index is 0.0340. The number of fused-ring (bicyclic) bond motifs is 1. The normalized spacial score (nSPS) is 11.0. The standard InChI is InChI=1S/C26H34N4O3.2C2H6/c1-17(2)20-9-7-19(8-10-20)13-25(31)29-18(3)11-12-30(4)26-21-14-23(32-5)24(33-6)15-22(21)27-16-28-26;2*1-2/h7-10,14-18H,11-13H2,1-6H3,(H,29,31);2*1-2H3. The van der Waals surface area contributed by atoms with Crippen LogP contribution in [0.25, 0.3) is 10.9 Å². The van der Waals surface area contributed by atoms with Crippen molar-refractivity contribution in [3.63, 3.8) is 0 Å². The van der Waals surface area contributed by atoms with E-state index in [-0.39, 0.29) is 11.9 Å². The van der Waals surface area contributed by atoms with E-state index >= 15 is 0 Å². The van der Waals surface area contributed by atoms with Crippen LogP contribution < -0.4 is 19.7 Å². The summed E-state index contributed by atoms with van der Waals surface area (Å²) in [6.45, 7) is 15.1. The summed E-state index contributed by atoms with van der Waals surface area (Å²) in [4.78, 5) is 23.4. The van der Waals surface area contributed by atoms with Gasteiger partial charge in [-0.3, -0.25) is 4.79 Å². The van der Waals surface area contributed by atoms with E-state index < -0.39 is 0 Å². The monoisotopic (exact) mass is 510 g/mol. The number of hydrogen-bond donors (Lipinski definition) is 1. The zero-order valence-corrected chi connectivity index (χ0v) is 24.4. The van der Waals surface area contributed by atoms with Crippen LogP contribution in [0.1, 0.15) is 71.9 Å². The molecule has 0 fully saturated rings. The zero-order valence-electron chi connectivity index (χ0n) is 24.4. The van der Waals surface area contributed by atoms with Crippen LogP contribution in [0.5, 0.6) is 11.5 Å². The number of carbonyl (C=O) groups is 1. The van der Waals surface area contributed by atoms with Gasteiger partial charge in [-0.15, -0.1) is 0 Å². The highest BCUT2D eigenvalue weighted by molar-refractivity contribution is 5.91. The van der Waals surface area contributed by atoms with Gasteiger partial charge in [-0.2, -0.15) is 0 Å². The molecular weight excluding hydrogens is 464 g/mol. The molecule has 0 aliphatic heterocycles. The Morgan fingerprint density at radius 1 is 0.946 bits per heavy atom. The molecule has 1 unspecified atom stereocenters. The molecule has 1 amide bonds. The molecule has 1 aromatic heterocycles. The summed E-state index contributed by atoms with van der Waals surface area (Å²) in [5.41, 5.74) is 3.09. The Morgan fingerprint density at radius 3 is 2.11 bits per heavy atom. The molecule has 0 bridgehead atoms. The summed E-state index contributed by atoms with van der Waals surface area (Å²) >= 11 is 0. The first-order valence-electron chi connectivity index (χ1n) is 13.3. The van der Waals surface area contributed by atoms with E-state index in [1.54, 1.807) is 20.5 Å². The Labute approximate surface area is 223 Å². The number of anilines is 1. The Morgan fingerprint density at radius 2 is 1.54 bits per heavy atom. The van der Waals surface area contributed by atoms with Crippen molar-refractivity contribution < 1.29 is 14.3 Å². The highest BCUT2D eigenvalue weighted by Gasteiger charge is 2.15. The first-order chi connectivity index (χ1) is 17.8. The van der Waals surface area contributed by atoms with Crippen LogP contribution in [0.15, 0.2) is 42.7 Å². The number of aromatic nitrogens is 2. The van der Waals surface area contributed by atoms with Crippen molar-refractivity contribution in [2.24, 2.45) is 0 Å². The predicted molar refractivity (Wildman–Crippen MR) is 155 cm³/mol. The minimum atomic E-state index is 0.0340. The highest BCUT2D eigenvalue weighted by atomic mass is 16.5. The van der Waals surface area contributed by atoms with Gasteiger partial charge in [0.2, 0.25) is 5.91 Å². The fourth-order valence-electron chi connectivity index (χ4n) is 3.77. The average molecular weight is 511 g/mol. The SMILES string of the molecule is CC.CC.COc1cc2ncnc(N(C)CCC(C)NC(=O)Cc3ccc(C(C)C)cc3)c2cc1OC. The van der Waals surface area contributed by atoms with Crippen LogP contribution in [0, 0.1) is 0 Å². The maximum absolute atomic E-state index is 12.5. The molecule has 0 radical (unpaired) electrons. The third-order valence-electron chi connectivity index (χ3n) is 5.80. The Balaban J connectivity index is 0.00000163. The molecular formula is C30H46N4O3. The topological polar surface area (TPSA) is 76.6 Å². The van der Waals surface area contributed by atoms with Gasteiger partial charge >= 0.3 is 0 Å². The Hall–Kier alpha value is -3.35. The summed E-state index contributed by atoms with van der Waals surface area (Å²) < 4.78 is 10.8. The van der Waals surface area contributed by atoms with E-state index in [2.05, 4.69) is 46.2 Å². The molecule has 7 heteroatoms. The van der Waals surface area contributed by atoms with Gasteiger partial charge < -0.3 is 19.7 Å². The molecule has 3 rings (SSSR count). The molecule has 2 aromatic carbocycles. The smallest absolute Gasteiger partial charge is 0.224 e. The predicted octanol–water partition coefficient (Wildman–Crippen LogP) is 6.40. The van der Waals surface area contributed by atoms with E-state index in [1.807, 2.05) is 65.9 Å². The molecule has 204 valence electrons. The fraction of sp³-hybridized carbons (Fsp3) is 0.500. The molecule has 0 saturated carbocycles. The summed E-state index contributed by atoms with van der Waals surface area (Å²) in [6, 6.07) is 12.1. The molecule has 0 aliphatic carbocycles. The van der Waals surface area contributed by atoms with Crippen LogP contribution in [-0.4, -0.2) is 49.7 Å². The number of amides is 1. The van der Waals surface area contributed by atoms with Crippen molar-refractivity contribution in [2.75, 3.05) is 32.7 Å². The molecule has 0 aliphatic rings.